The molecule has 0 unspecified atom stereocenters. The quantitative estimate of drug-likeness (QED) is 0.157. The molecule has 0 aliphatic carbocycles. The molecule has 2 aromatic heterocycles. The molecule has 0 saturated carbocycles. The van der Waals surface area contributed by atoms with E-state index in [1.165, 1.54) is 90.1 Å². The van der Waals surface area contributed by atoms with Gasteiger partial charge in [0.05, 0.1) is 0 Å². The van der Waals surface area contributed by atoms with Gasteiger partial charge in [-0.15, -0.1) is 22.7 Å². The fraction of sp³-hybridized carbons (Fsp3) is 0.0612. The van der Waals surface area contributed by atoms with Crippen LogP contribution in [0.3, 0.4) is 0 Å². The largest absolute Gasteiger partial charge is 0.135 e. The zero-order chi connectivity index (χ0) is 33.7. The van der Waals surface area contributed by atoms with E-state index in [0.29, 0.717) is 0 Å². The molecule has 51 heavy (non-hydrogen) atoms. The van der Waals surface area contributed by atoms with Gasteiger partial charge in [0, 0.05) is 46.3 Å². The molecule has 8 aromatic carbocycles. The second kappa shape index (κ2) is 12.7. The van der Waals surface area contributed by atoms with Crippen molar-refractivity contribution in [2.45, 2.75) is 18.8 Å². The lowest BCUT2D eigenvalue weighted by Gasteiger charge is -2.20. The fourth-order valence-electron chi connectivity index (χ4n) is 8.07. The van der Waals surface area contributed by atoms with Crippen LogP contribution in [-0.4, -0.2) is 0 Å². The third-order valence-electron chi connectivity index (χ3n) is 10.6. The van der Waals surface area contributed by atoms with Gasteiger partial charge in [0.25, 0.3) is 0 Å². The molecule has 0 spiro atoms. The topological polar surface area (TPSA) is 0 Å². The molecule has 0 saturated heterocycles. The van der Waals surface area contributed by atoms with Gasteiger partial charge in [0.1, 0.15) is 0 Å². The van der Waals surface area contributed by atoms with Crippen LogP contribution in [-0.2, 0) is 6.42 Å². The Bertz CT molecular complexity index is 2740. The van der Waals surface area contributed by atoms with Crippen LogP contribution in [0, 0.1) is 0 Å². The highest BCUT2D eigenvalue weighted by molar-refractivity contribution is 7.26. The van der Waals surface area contributed by atoms with Crippen LogP contribution in [0.1, 0.15) is 29.0 Å². The maximum absolute atomic E-state index is 2.39. The predicted molar refractivity (Wildman–Crippen MR) is 224 cm³/mol. The van der Waals surface area contributed by atoms with E-state index in [1.807, 2.05) is 22.7 Å². The van der Waals surface area contributed by atoms with E-state index in [-0.39, 0.29) is 5.92 Å². The van der Waals surface area contributed by atoms with Crippen molar-refractivity contribution in [2.24, 2.45) is 0 Å². The molecule has 242 valence electrons. The summed E-state index contributed by atoms with van der Waals surface area (Å²) in [6, 6.07) is 65.2. The zero-order valence-corrected chi connectivity index (χ0v) is 29.7. The number of hydrogen-bond acceptors (Lipinski definition) is 2. The first-order chi connectivity index (χ1) is 25.3. The minimum Gasteiger partial charge on any atom is -0.135 e. The molecule has 0 atom stereocenters. The summed E-state index contributed by atoms with van der Waals surface area (Å²) in [6.45, 7) is 0. The lowest BCUT2D eigenvalue weighted by molar-refractivity contribution is 0.726. The van der Waals surface area contributed by atoms with Crippen molar-refractivity contribution in [3.05, 3.63) is 193 Å². The van der Waals surface area contributed by atoms with Gasteiger partial charge in [-0.3, -0.25) is 0 Å². The molecular formula is C49H34S2. The second-order valence-electron chi connectivity index (χ2n) is 13.5. The van der Waals surface area contributed by atoms with Gasteiger partial charge in [0.2, 0.25) is 0 Å². The van der Waals surface area contributed by atoms with Crippen LogP contribution in [0.5, 0.6) is 0 Å². The Labute approximate surface area is 305 Å². The van der Waals surface area contributed by atoms with Crippen molar-refractivity contribution < 1.29 is 0 Å². The molecule has 0 fully saturated rings. The van der Waals surface area contributed by atoms with E-state index in [1.54, 1.807) is 0 Å². The van der Waals surface area contributed by atoms with Crippen LogP contribution in [0.25, 0.3) is 73.4 Å². The van der Waals surface area contributed by atoms with Gasteiger partial charge < -0.3 is 0 Å². The summed E-state index contributed by atoms with van der Waals surface area (Å²) in [5.41, 5.74) is 9.31. The molecule has 0 aliphatic rings. The first kappa shape index (κ1) is 30.3. The van der Waals surface area contributed by atoms with Gasteiger partial charge in [-0.1, -0.05) is 158 Å². The highest BCUT2D eigenvalue weighted by Crippen LogP contribution is 2.45. The van der Waals surface area contributed by atoms with E-state index < -0.39 is 0 Å². The fourth-order valence-corrected chi connectivity index (χ4v) is 10.6. The Kier molecular flexibility index (Phi) is 7.52. The molecule has 0 N–H and O–H groups in total. The number of benzene rings is 8. The van der Waals surface area contributed by atoms with Gasteiger partial charge in [-0.05, 0) is 80.8 Å². The Hall–Kier alpha value is -5.54. The lowest BCUT2D eigenvalue weighted by atomic mass is 9.85. The Morgan fingerprint density at radius 2 is 0.961 bits per heavy atom. The number of hydrogen-bond donors (Lipinski definition) is 0. The summed E-state index contributed by atoms with van der Waals surface area (Å²) >= 11 is 3.89. The van der Waals surface area contributed by atoms with E-state index in [4.69, 9.17) is 0 Å². The summed E-state index contributed by atoms with van der Waals surface area (Å²) in [5, 5.41) is 8.02. The second-order valence-corrected chi connectivity index (χ2v) is 15.6. The van der Waals surface area contributed by atoms with Crippen molar-refractivity contribution in [1.29, 1.82) is 0 Å². The SMILES string of the molecule is c1ccc(-c2ccc3c(-c4ccc(CCC(c5cccc6c5sc5ccccc56)c5cccc6c5sc5ccccc56)cc4)cccc3c2)cc1. The molecule has 0 bridgehead atoms. The van der Waals surface area contributed by atoms with Crippen LogP contribution < -0.4 is 0 Å². The zero-order valence-electron chi connectivity index (χ0n) is 28.1. The maximum atomic E-state index is 2.39. The molecular weight excluding hydrogens is 653 g/mol. The van der Waals surface area contributed by atoms with Gasteiger partial charge in [0.15, 0.2) is 0 Å². The number of fused-ring (bicyclic) bond motifs is 7. The van der Waals surface area contributed by atoms with E-state index in [9.17, 15) is 0 Å². The average molecular weight is 687 g/mol. The van der Waals surface area contributed by atoms with Crippen LogP contribution in [0.2, 0.25) is 0 Å². The third kappa shape index (κ3) is 5.34. The van der Waals surface area contributed by atoms with Crippen molar-refractivity contribution in [1.82, 2.24) is 0 Å². The highest BCUT2D eigenvalue weighted by Gasteiger charge is 2.22. The smallest absolute Gasteiger partial charge is 0.0393 e. The summed E-state index contributed by atoms with van der Waals surface area (Å²) in [7, 11) is 0. The molecule has 10 rings (SSSR count). The molecule has 2 heterocycles. The number of thiophene rings is 2. The molecule has 0 nitrogen and oxygen atoms in total. The van der Waals surface area contributed by atoms with Gasteiger partial charge in [-0.2, -0.15) is 0 Å². The summed E-state index contributed by atoms with van der Waals surface area (Å²) in [6.07, 6.45) is 2.04. The van der Waals surface area contributed by atoms with Crippen LogP contribution in [0.4, 0.5) is 0 Å². The minimum atomic E-state index is 0.273. The Morgan fingerprint density at radius 1 is 0.392 bits per heavy atom. The molecule has 0 amide bonds. The van der Waals surface area contributed by atoms with Gasteiger partial charge in [-0.25, -0.2) is 0 Å². The Morgan fingerprint density at radius 3 is 1.63 bits per heavy atom. The molecule has 0 aliphatic heterocycles. The highest BCUT2D eigenvalue weighted by atomic mass is 32.1. The lowest BCUT2D eigenvalue weighted by Crippen LogP contribution is -2.04. The Balaban J connectivity index is 1.02. The van der Waals surface area contributed by atoms with Gasteiger partial charge >= 0.3 is 0 Å². The number of rotatable bonds is 7. The van der Waals surface area contributed by atoms with Crippen LogP contribution in [0.15, 0.2) is 176 Å². The summed E-state index contributed by atoms with van der Waals surface area (Å²) in [4.78, 5) is 0. The van der Waals surface area contributed by atoms with Crippen LogP contribution >= 0.6 is 22.7 Å². The van der Waals surface area contributed by atoms with Crippen molar-refractivity contribution >= 4 is 73.8 Å². The van der Waals surface area contributed by atoms with E-state index >= 15 is 0 Å². The first-order valence-corrected chi connectivity index (χ1v) is 19.4. The predicted octanol–water partition coefficient (Wildman–Crippen LogP) is 14.7. The molecule has 0 radical (unpaired) electrons. The normalized spacial score (nSPS) is 11.9. The minimum absolute atomic E-state index is 0.273. The standard InChI is InChI=1S/C49H34S2/c1-2-11-33(12-3-1)35-28-30-38-36(31-35)13-8-16-37(38)34-26-23-32(24-27-34)25-29-39(42-17-9-19-44-40-14-4-6-21-46(40)50-48(42)44)43-18-10-20-45-41-15-5-7-22-47(41)51-49(43)45/h1-24,26-28,30-31,39H,25,29H2. The van der Waals surface area contributed by atoms with E-state index in [2.05, 4.69) is 176 Å². The van der Waals surface area contributed by atoms with E-state index in [0.717, 1.165) is 12.8 Å². The maximum Gasteiger partial charge on any atom is 0.0393 e. The third-order valence-corrected chi connectivity index (χ3v) is 13.1. The molecule has 10 aromatic rings. The number of aryl methyl sites for hydroxylation is 1. The average Bonchev–Trinajstić information content (AvgIpc) is 3.78. The molecule has 2 heteroatoms. The van der Waals surface area contributed by atoms with Crippen molar-refractivity contribution in [3.8, 4) is 22.3 Å². The van der Waals surface area contributed by atoms with Crippen molar-refractivity contribution in [2.75, 3.05) is 0 Å². The first-order valence-electron chi connectivity index (χ1n) is 17.8. The monoisotopic (exact) mass is 686 g/mol. The summed E-state index contributed by atoms with van der Waals surface area (Å²) in [5.74, 6) is 0.273. The van der Waals surface area contributed by atoms with Crippen molar-refractivity contribution in [3.63, 3.8) is 0 Å². The summed E-state index contributed by atoms with van der Waals surface area (Å²) < 4.78 is 5.56.